The molecule has 0 N–H and O–H groups in total. The first-order valence-corrected chi connectivity index (χ1v) is 4.61. The van der Waals surface area contributed by atoms with Crippen molar-refractivity contribution in [2.75, 3.05) is 0 Å². The molecule has 0 aromatic carbocycles. The quantitative estimate of drug-likeness (QED) is 0.551. The predicted octanol–water partition coefficient (Wildman–Crippen LogP) is 4.45. The molecule has 0 aliphatic heterocycles. The van der Waals surface area contributed by atoms with Crippen molar-refractivity contribution in [3.63, 3.8) is 0 Å². The van der Waals surface area contributed by atoms with E-state index in [9.17, 15) is 22.0 Å². The Morgan fingerprint density at radius 2 is 1.87 bits per heavy atom. The fourth-order valence-corrected chi connectivity index (χ4v) is 1.47. The van der Waals surface area contributed by atoms with Crippen LogP contribution in [0.5, 0.6) is 0 Å². The van der Waals surface area contributed by atoms with E-state index in [0.717, 1.165) is 0 Å². The van der Waals surface area contributed by atoms with E-state index in [2.05, 4.69) is 20.9 Å². The Labute approximate surface area is 94.4 Å². The molecule has 0 amide bonds. The molecule has 84 valence electrons. The van der Waals surface area contributed by atoms with E-state index < -0.39 is 28.8 Å². The Bertz CT molecular complexity index is 378. The van der Waals surface area contributed by atoms with Crippen LogP contribution in [0.25, 0.3) is 0 Å². The van der Waals surface area contributed by atoms with Gasteiger partial charge in [0.15, 0.2) is 0 Å². The van der Waals surface area contributed by atoms with E-state index in [-0.39, 0.29) is 4.60 Å². The fraction of sp³-hybridized carbons (Fsp3) is 0.286. The summed E-state index contributed by atoms with van der Waals surface area (Å²) in [5.74, 6) is 0. The zero-order valence-electron chi connectivity index (χ0n) is 6.75. The van der Waals surface area contributed by atoms with Crippen LogP contribution in [-0.4, -0.2) is 4.98 Å². The molecule has 1 nitrogen and oxygen atoms in total. The van der Waals surface area contributed by atoms with Crippen molar-refractivity contribution in [1.82, 2.24) is 4.98 Å². The number of hydrogen-bond donors (Lipinski definition) is 0. The second-order valence-electron chi connectivity index (χ2n) is 2.49. The van der Waals surface area contributed by atoms with Crippen LogP contribution >= 0.6 is 27.5 Å². The molecule has 0 saturated heterocycles. The zero-order chi connectivity index (χ0) is 11.8. The van der Waals surface area contributed by atoms with E-state index in [0.29, 0.717) is 6.20 Å². The molecule has 0 aliphatic rings. The van der Waals surface area contributed by atoms with E-state index in [1.165, 1.54) is 0 Å². The van der Waals surface area contributed by atoms with Gasteiger partial charge in [-0.05, 0) is 15.9 Å². The van der Waals surface area contributed by atoms with Crippen molar-refractivity contribution in [2.45, 2.75) is 12.6 Å². The molecule has 8 heteroatoms. The number of aromatic nitrogens is 1. The van der Waals surface area contributed by atoms with Gasteiger partial charge in [-0.25, -0.2) is 13.8 Å². The summed E-state index contributed by atoms with van der Waals surface area (Å²) in [6.45, 7) is 0. The van der Waals surface area contributed by atoms with Gasteiger partial charge in [0, 0.05) is 6.20 Å². The minimum Gasteiger partial charge on any atom is -0.247 e. The molecule has 15 heavy (non-hydrogen) atoms. The number of hydrogen-bond acceptors (Lipinski definition) is 1. The summed E-state index contributed by atoms with van der Waals surface area (Å²) in [6, 6.07) is 0. The highest BCUT2D eigenvalue weighted by Crippen LogP contribution is 2.41. The highest BCUT2D eigenvalue weighted by atomic mass is 79.9. The maximum atomic E-state index is 12.4. The molecule has 0 saturated carbocycles. The molecule has 0 aliphatic carbocycles. The average Bonchev–Trinajstić information content (AvgIpc) is 2.06. The van der Waals surface area contributed by atoms with Gasteiger partial charge in [0.1, 0.15) is 4.60 Å². The van der Waals surface area contributed by atoms with Crippen molar-refractivity contribution in [3.05, 3.63) is 26.9 Å². The standard InChI is InChI=1S/C7H2BrClF5N/c8-5-4(9)3(6(10)11)2(1-15-5)7(12,13)14/h1,6H. The lowest BCUT2D eigenvalue weighted by atomic mass is 10.1. The number of alkyl halides is 5. The maximum absolute atomic E-state index is 12.4. The second-order valence-corrected chi connectivity index (χ2v) is 3.62. The van der Waals surface area contributed by atoms with Crippen LogP contribution in [-0.2, 0) is 6.18 Å². The Morgan fingerprint density at radius 1 is 1.33 bits per heavy atom. The summed E-state index contributed by atoms with van der Waals surface area (Å²) in [7, 11) is 0. The summed E-state index contributed by atoms with van der Waals surface area (Å²) >= 11 is 7.98. The molecule has 1 aromatic rings. The van der Waals surface area contributed by atoms with Crippen molar-refractivity contribution in [3.8, 4) is 0 Å². The van der Waals surface area contributed by atoms with Crippen molar-refractivity contribution in [1.29, 1.82) is 0 Å². The molecule has 1 rings (SSSR count). The summed E-state index contributed by atoms with van der Waals surface area (Å²) in [4.78, 5) is 3.22. The van der Waals surface area contributed by atoms with Gasteiger partial charge in [-0.2, -0.15) is 13.2 Å². The van der Waals surface area contributed by atoms with Gasteiger partial charge in [-0.15, -0.1) is 0 Å². The van der Waals surface area contributed by atoms with Crippen molar-refractivity contribution in [2.24, 2.45) is 0 Å². The van der Waals surface area contributed by atoms with Crippen LogP contribution < -0.4 is 0 Å². The van der Waals surface area contributed by atoms with Crippen LogP contribution in [0, 0.1) is 0 Å². The van der Waals surface area contributed by atoms with Gasteiger partial charge in [0.2, 0.25) is 0 Å². The summed E-state index contributed by atoms with van der Waals surface area (Å²) in [6.07, 6.45) is -7.89. The molecule has 1 aromatic heterocycles. The molecule has 0 fully saturated rings. The van der Waals surface area contributed by atoms with Crippen LogP contribution in [0.15, 0.2) is 10.8 Å². The van der Waals surface area contributed by atoms with Gasteiger partial charge in [-0.3, -0.25) is 0 Å². The molecule has 0 spiro atoms. The lowest BCUT2D eigenvalue weighted by Crippen LogP contribution is -2.11. The van der Waals surface area contributed by atoms with Crippen LogP contribution in [0.4, 0.5) is 22.0 Å². The third kappa shape index (κ3) is 2.57. The maximum Gasteiger partial charge on any atom is 0.418 e. The first kappa shape index (κ1) is 12.6. The van der Waals surface area contributed by atoms with Crippen LogP contribution in [0.1, 0.15) is 17.6 Å². The number of nitrogens with zero attached hydrogens (tertiary/aromatic N) is 1. The number of rotatable bonds is 1. The first-order valence-electron chi connectivity index (χ1n) is 3.44. The highest BCUT2D eigenvalue weighted by Gasteiger charge is 2.38. The lowest BCUT2D eigenvalue weighted by molar-refractivity contribution is -0.139. The summed E-state index contributed by atoms with van der Waals surface area (Å²) < 4.78 is 61.3. The highest BCUT2D eigenvalue weighted by molar-refractivity contribution is 9.10. The number of halogens is 7. The lowest BCUT2D eigenvalue weighted by Gasteiger charge is -2.13. The van der Waals surface area contributed by atoms with Gasteiger partial charge < -0.3 is 0 Å². The van der Waals surface area contributed by atoms with Gasteiger partial charge in [0.25, 0.3) is 6.43 Å². The van der Waals surface area contributed by atoms with Gasteiger partial charge in [-0.1, -0.05) is 11.6 Å². The molecule has 0 radical (unpaired) electrons. The topological polar surface area (TPSA) is 12.9 Å². The minimum atomic E-state index is -4.90. The monoisotopic (exact) mass is 309 g/mol. The Hall–Kier alpha value is -0.430. The minimum absolute atomic E-state index is 0.243. The van der Waals surface area contributed by atoms with Crippen LogP contribution in [0.2, 0.25) is 5.02 Å². The second kappa shape index (κ2) is 4.21. The predicted molar refractivity (Wildman–Crippen MR) is 46.9 cm³/mol. The average molecular weight is 310 g/mol. The van der Waals surface area contributed by atoms with E-state index in [1.807, 2.05) is 0 Å². The SMILES string of the molecule is FC(F)c1c(C(F)(F)F)cnc(Br)c1Cl. The fourth-order valence-electron chi connectivity index (χ4n) is 0.916. The van der Waals surface area contributed by atoms with Crippen molar-refractivity contribution < 1.29 is 22.0 Å². The van der Waals surface area contributed by atoms with Gasteiger partial charge >= 0.3 is 6.18 Å². The third-order valence-electron chi connectivity index (χ3n) is 1.54. The summed E-state index contributed by atoms with van der Waals surface area (Å²) in [5, 5.41) is -0.722. The Balaban J connectivity index is 3.47. The van der Waals surface area contributed by atoms with E-state index in [1.54, 1.807) is 0 Å². The molecule has 0 unspecified atom stereocenters. The summed E-state index contributed by atoms with van der Waals surface area (Å²) in [5.41, 5.74) is -2.78. The van der Waals surface area contributed by atoms with Crippen LogP contribution in [0.3, 0.4) is 0 Å². The molecular weight excluding hydrogens is 308 g/mol. The smallest absolute Gasteiger partial charge is 0.247 e. The normalized spacial score (nSPS) is 12.3. The molecular formula is C7H2BrClF5N. The largest absolute Gasteiger partial charge is 0.418 e. The van der Waals surface area contributed by atoms with E-state index in [4.69, 9.17) is 11.6 Å². The van der Waals surface area contributed by atoms with Crippen molar-refractivity contribution >= 4 is 27.5 Å². The van der Waals surface area contributed by atoms with Gasteiger partial charge in [0.05, 0.1) is 16.1 Å². The zero-order valence-corrected chi connectivity index (χ0v) is 9.09. The first-order chi connectivity index (χ1) is 6.75. The van der Waals surface area contributed by atoms with E-state index >= 15 is 0 Å². The molecule has 0 bridgehead atoms. The Morgan fingerprint density at radius 3 is 2.27 bits per heavy atom. The molecule has 1 heterocycles. The molecule has 0 atom stereocenters. The Kier molecular flexibility index (Phi) is 3.55. The third-order valence-corrected chi connectivity index (χ3v) is 2.75. The number of pyridine rings is 1.